The molecule has 1 amide bonds. The molecule has 2 heterocycles. The van der Waals surface area contributed by atoms with Crippen LogP contribution in [0.4, 0.5) is 5.69 Å². The Labute approximate surface area is 143 Å². The number of halogens is 2. The SMILES string of the molecule is COCC1(C(=O)Nc2cnccc2OC)CCNCC1.Cl.Cl. The fourth-order valence-corrected chi connectivity index (χ4v) is 2.53. The van der Waals surface area contributed by atoms with Crippen molar-refractivity contribution in [3.63, 3.8) is 0 Å². The van der Waals surface area contributed by atoms with Gasteiger partial charge in [-0.15, -0.1) is 24.8 Å². The minimum Gasteiger partial charge on any atom is -0.494 e. The van der Waals surface area contributed by atoms with Gasteiger partial charge in [0.15, 0.2) is 0 Å². The molecular weight excluding hydrogens is 329 g/mol. The third-order valence-corrected chi connectivity index (χ3v) is 3.71. The van der Waals surface area contributed by atoms with Gasteiger partial charge in [-0.25, -0.2) is 0 Å². The van der Waals surface area contributed by atoms with E-state index in [1.54, 1.807) is 32.7 Å². The van der Waals surface area contributed by atoms with Gasteiger partial charge in [0.25, 0.3) is 0 Å². The summed E-state index contributed by atoms with van der Waals surface area (Å²) in [6.45, 7) is 2.06. The van der Waals surface area contributed by atoms with Gasteiger partial charge in [0.05, 0.1) is 25.3 Å². The van der Waals surface area contributed by atoms with Gasteiger partial charge in [0, 0.05) is 19.4 Å². The number of nitrogens with zero attached hydrogens (tertiary/aromatic N) is 1. The number of carbonyl (C=O) groups excluding carboxylic acids is 1. The molecule has 1 aliphatic rings. The van der Waals surface area contributed by atoms with E-state index in [1.165, 1.54) is 0 Å². The van der Waals surface area contributed by atoms with Crippen molar-refractivity contribution in [1.29, 1.82) is 0 Å². The zero-order chi connectivity index (χ0) is 14.4. The van der Waals surface area contributed by atoms with Gasteiger partial charge in [0.1, 0.15) is 11.4 Å². The molecule has 1 aliphatic heterocycles. The number of rotatable bonds is 5. The summed E-state index contributed by atoms with van der Waals surface area (Å²) in [6.07, 6.45) is 4.74. The van der Waals surface area contributed by atoms with Crippen LogP contribution in [0.5, 0.6) is 5.75 Å². The van der Waals surface area contributed by atoms with E-state index in [4.69, 9.17) is 9.47 Å². The fourth-order valence-electron chi connectivity index (χ4n) is 2.53. The Morgan fingerprint density at radius 2 is 2.05 bits per heavy atom. The van der Waals surface area contributed by atoms with Crippen LogP contribution in [-0.2, 0) is 9.53 Å². The molecule has 0 aliphatic carbocycles. The number of carbonyl (C=O) groups is 1. The molecule has 6 nitrogen and oxygen atoms in total. The summed E-state index contributed by atoms with van der Waals surface area (Å²) < 4.78 is 10.5. The lowest BCUT2D eigenvalue weighted by Gasteiger charge is -2.35. The Bertz CT molecular complexity index is 463. The first-order valence-corrected chi connectivity index (χ1v) is 6.71. The van der Waals surface area contributed by atoms with Crippen molar-refractivity contribution in [3.8, 4) is 5.75 Å². The zero-order valence-corrected chi connectivity index (χ0v) is 14.4. The number of amides is 1. The Morgan fingerprint density at radius 1 is 1.36 bits per heavy atom. The number of aromatic nitrogens is 1. The van der Waals surface area contributed by atoms with Gasteiger partial charge < -0.3 is 20.1 Å². The lowest BCUT2D eigenvalue weighted by atomic mass is 9.78. The standard InChI is InChI=1S/C14H21N3O3.2ClH/c1-19-10-14(4-7-15-8-5-14)13(18)17-11-9-16-6-3-12(11)20-2;;/h3,6,9,15H,4-5,7-8,10H2,1-2H3,(H,17,18);2*1H. The van der Waals surface area contributed by atoms with Gasteiger partial charge in [-0.2, -0.15) is 0 Å². The number of piperidine rings is 1. The van der Waals surface area contributed by atoms with Crippen LogP contribution in [0.15, 0.2) is 18.5 Å². The van der Waals surface area contributed by atoms with E-state index < -0.39 is 5.41 Å². The number of hydrogen-bond donors (Lipinski definition) is 2. The molecule has 0 bridgehead atoms. The summed E-state index contributed by atoms with van der Waals surface area (Å²) >= 11 is 0. The van der Waals surface area contributed by atoms with Crippen LogP contribution in [0.25, 0.3) is 0 Å². The molecule has 1 aromatic rings. The van der Waals surface area contributed by atoms with Crippen molar-refractivity contribution in [2.75, 3.05) is 39.2 Å². The second kappa shape index (κ2) is 9.84. The Morgan fingerprint density at radius 3 is 2.64 bits per heavy atom. The molecule has 1 aromatic heterocycles. The van der Waals surface area contributed by atoms with Gasteiger partial charge in [-0.1, -0.05) is 0 Å². The van der Waals surface area contributed by atoms with Crippen LogP contribution in [-0.4, -0.2) is 44.8 Å². The molecule has 0 saturated carbocycles. The molecule has 22 heavy (non-hydrogen) atoms. The second-order valence-corrected chi connectivity index (χ2v) is 4.99. The number of hydrogen-bond acceptors (Lipinski definition) is 5. The topological polar surface area (TPSA) is 72.5 Å². The van der Waals surface area contributed by atoms with Crippen molar-refractivity contribution in [2.45, 2.75) is 12.8 Å². The van der Waals surface area contributed by atoms with Gasteiger partial charge >= 0.3 is 0 Å². The molecule has 0 unspecified atom stereocenters. The van der Waals surface area contributed by atoms with Gasteiger partial charge in [0.2, 0.25) is 5.91 Å². The molecule has 0 atom stereocenters. The highest BCUT2D eigenvalue weighted by atomic mass is 35.5. The first-order chi connectivity index (χ1) is 9.72. The van der Waals surface area contributed by atoms with E-state index in [9.17, 15) is 4.79 Å². The van der Waals surface area contributed by atoms with Crippen molar-refractivity contribution in [3.05, 3.63) is 18.5 Å². The summed E-state index contributed by atoms with van der Waals surface area (Å²) in [4.78, 5) is 16.7. The summed E-state index contributed by atoms with van der Waals surface area (Å²) in [6, 6.07) is 1.72. The van der Waals surface area contributed by atoms with Crippen LogP contribution in [0.3, 0.4) is 0 Å². The predicted octanol–water partition coefficient (Wildman–Crippen LogP) is 1.89. The monoisotopic (exact) mass is 351 g/mol. The maximum absolute atomic E-state index is 12.6. The van der Waals surface area contributed by atoms with Crippen molar-refractivity contribution in [1.82, 2.24) is 10.3 Å². The number of ether oxygens (including phenoxy) is 2. The Balaban J connectivity index is 0.00000220. The molecule has 1 saturated heterocycles. The number of nitrogens with one attached hydrogen (secondary N) is 2. The largest absolute Gasteiger partial charge is 0.494 e. The van der Waals surface area contributed by atoms with Gasteiger partial charge in [-0.05, 0) is 25.9 Å². The van der Waals surface area contributed by atoms with Crippen LogP contribution in [0.1, 0.15) is 12.8 Å². The summed E-state index contributed by atoms with van der Waals surface area (Å²) in [5.74, 6) is 0.571. The van der Waals surface area contributed by atoms with Gasteiger partial charge in [-0.3, -0.25) is 9.78 Å². The average Bonchev–Trinajstić information content (AvgIpc) is 2.49. The molecule has 126 valence electrons. The Kier molecular flexibility index (Phi) is 9.36. The van der Waals surface area contributed by atoms with E-state index >= 15 is 0 Å². The fraction of sp³-hybridized carbons (Fsp3) is 0.571. The number of methoxy groups -OCH3 is 2. The zero-order valence-electron chi connectivity index (χ0n) is 12.8. The number of pyridine rings is 1. The predicted molar refractivity (Wildman–Crippen MR) is 90.3 cm³/mol. The molecule has 0 aromatic carbocycles. The maximum atomic E-state index is 12.6. The normalized spacial score (nSPS) is 15.9. The summed E-state index contributed by atoms with van der Waals surface area (Å²) in [7, 11) is 3.20. The first-order valence-electron chi connectivity index (χ1n) is 6.71. The average molecular weight is 352 g/mol. The first kappa shape index (κ1) is 20.9. The second-order valence-electron chi connectivity index (χ2n) is 4.99. The minimum absolute atomic E-state index is 0. The van der Waals surface area contributed by atoms with E-state index in [-0.39, 0.29) is 30.7 Å². The van der Waals surface area contributed by atoms with Crippen molar-refractivity contribution >= 4 is 36.4 Å². The maximum Gasteiger partial charge on any atom is 0.233 e. The molecule has 8 heteroatoms. The quantitative estimate of drug-likeness (QED) is 0.847. The van der Waals surface area contributed by atoms with E-state index in [0.29, 0.717) is 18.0 Å². The minimum atomic E-state index is -0.485. The van der Waals surface area contributed by atoms with E-state index in [2.05, 4.69) is 15.6 Å². The highest BCUT2D eigenvalue weighted by Gasteiger charge is 2.39. The molecule has 2 N–H and O–H groups in total. The lowest BCUT2D eigenvalue weighted by Crippen LogP contribution is -2.47. The summed E-state index contributed by atoms with van der Waals surface area (Å²) in [5, 5.41) is 6.19. The molecule has 0 spiro atoms. The third-order valence-electron chi connectivity index (χ3n) is 3.71. The van der Waals surface area contributed by atoms with E-state index in [1.807, 2.05) is 0 Å². The third kappa shape index (κ3) is 4.71. The molecule has 1 fully saturated rings. The van der Waals surface area contributed by atoms with Crippen LogP contribution >= 0.6 is 24.8 Å². The van der Waals surface area contributed by atoms with E-state index in [0.717, 1.165) is 25.9 Å². The molecule has 0 radical (unpaired) electrons. The van der Waals surface area contributed by atoms with Crippen molar-refractivity contribution < 1.29 is 14.3 Å². The lowest BCUT2D eigenvalue weighted by molar-refractivity contribution is -0.130. The molecular formula is C14H23Cl2N3O3. The number of anilines is 1. The highest BCUT2D eigenvalue weighted by molar-refractivity contribution is 5.96. The van der Waals surface area contributed by atoms with Crippen molar-refractivity contribution in [2.24, 2.45) is 5.41 Å². The summed E-state index contributed by atoms with van der Waals surface area (Å²) in [5.41, 5.74) is 0.106. The highest BCUT2D eigenvalue weighted by Crippen LogP contribution is 2.32. The Hall–Kier alpha value is -1.08. The van der Waals surface area contributed by atoms with Crippen LogP contribution < -0.4 is 15.4 Å². The van der Waals surface area contributed by atoms with Crippen LogP contribution in [0.2, 0.25) is 0 Å². The van der Waals surface area contributed by atoms with Crippen LogP contribution in [0, 0.1) is 5.41 Å². The smallest absolute Gasteiger partial charge is 0.233 e. The molecule has 2 rings (SSSR count).